The van der Waals surface area contributed by atoms with E-state index < -0.39 is 11.8 Å². The van der Waals surface area contributed by atoms with E-state index in [0.29, 0.717) is 10.9 Å². The number of carbonyl (C=O) groups is 2. The molecule has 1 heterocycles. The van der Waals surface area contributed by atoms with Crippen LogP contribution in [0.5, 0.6) is 0 Å². The third kappa shape index (κ3) is 3.32. The summed E-state index contributed by atoms with van der Waals surface area (Å²) >= 11 is 5.99. The summed E-state index contributed by atoms with van der Waals surface area (Å²) in [4.78, 5) is 31.2. The fourth-order valence-electron chi connectivity index (χ4n) is 2.71. The van der Waals surface area contributed by atoms with Crippen LogP contribution in [0.1, 0.15) is 45.3 Å². The molecule has 0 aliphatic heterocycles. The molecule has 6 nitrogen and oxygen atoms in total. The van der Waals surface area contributed by atoms with Gasteiger partial charge in [0.05, 0.1) is 0 Å². The van der Waals surface area contributed by atoms with Crippen LogP contribution in [0.4, 0.5) is 0 Å². The summed E-state index contributed by atoms with van der Waals surface area (Å²) in [6.07, 6.45) is 4.32. The van der Waals surface area contributed by atoms with E-state index in [-0.39, 0.29) is 17.4 Å². The molecule has 0 spiro atoms. The van der Waals surface area contributed by atoms with E-state index in [1.165, 1.54) is 18.0 Å². The quantitative estimate of drug-likeness (QED) is 0.894. The van der Waals surface area contributed by atoms with Crippen LogP contribution in [0.25, 0.3) is 0 Å². The van der Waals surface area contributed by atoms with E-state index in [1.807, 2.05) is 24.3 Å². The smallest absolute Gasteiger partial charge is 0.272 e. The van der Waals surface area contributed by atoms with Gasteiger partial charge in [0.1, 0.15) is 0 Å². The Kier molecular flexibility index (Phi) is 4.25. The molecule has 2 aromatic rings. The molecule has 0 radical (unpaired) electrons. The Morgan fingerprint density at radius 3 is 2.52 bits per heavy atom. The Balaban J connectivity index is 1.62. The van der Waals surface area contributed by atoms with Crippen LogP contribution in [-0.2, 0) is 0 Å². The second kappa shape index (κ2) is 6.34. The summed E-state index contributed by atoms with van der Waals surface area (Å²) in [5.74, 6) is -0.827. The number of hydrogen-bond acceptors (Lipinski definition) is 4. The van der Waals surface area contributed by atoms with E-state index >= 15 is 0 Å². The van der Waals surface area contributed by atoms with Crippen LogP contribution in [0.15, 0.2) is 36.7 Å². The van der Waals surface area contributed by atoms with Crippen molar-refractivity contribution in [2.75, 3.05) is 0 Å². The van der Waals surface area contributed by atoms with E-state index in [0.717, 1.165) is 12.8 Å². The second-order valence-electron chi connectivity index (χ2n) is 5.51. The number of carbonyl (C=O) groups excluding carboxylic acids is 2. The van der Waals surface area contributed by atoms with Gasteiger partial charge in [-0.1, -0.05) is 23.7 Å². The molecule has 0 saturated heterocycles. The summed E-state index contributed by atoms with van der Waals surface area (Å²) in [7, 11) is 0. The minimum Gasteiger partial charge on any atom is -0.364 e. The molecule has 1 aromatic heterocycles. The number of nitrogens with zero attached hydrogens (tertiary/aromatic N) is 2. The number of rotatable bonds is 4. The van der Waals surface area contributed by atoms with Crippen LogP contribution in [-0.4, -0.2) is 27.8 Å². The molecule has 1 saturated carbocycles. The van der Waals surface area contributed by atoms with Crippen molar-refractivity contribution in [3.05, 3.63) is 58.6 Å². The fourth-order valence-corrected chi connectivity index (χ4v) is 2.91. The molecule has 1 aromatic carbocycles. The lowest BCUT2D eigenvalue weighted by Gasteiger charge is -2.36. The van der Waals surface area contributed by atoms with Crippen molar-refractivity contribution in [3.63, 3.8) is 0 Å². The zero-order chi connectivity index (χ0) is 16.4. The molecule has 118 valence electrons. The third-order valence-electron chi connectivity index (χ3n) is 3.94. The molecular formula is C16H15ClN4O2. The Hall–Kier alpha value is -2.47. The van der Waals surface area contributed by atoms with Crippen LogP contribution < -0.4 is 11.1 Å². The molecule has 1 fully saturated rings. The SMILES string of the molecule is NC(=O)c1nccnc1C(=O)NC1CC(c2cccc(Cl)c2)C1. The van der Waals surface area contributed by atoms with E-state index in [1.54, 1.807) is 0 Å². The molecule has 0 bridgehead atoms. The first-order valence-corrected chi connectivity index (χ1v) is 7.59. The van der Waals surface area contributed by atoms with Gasteiger partial charge in [-0.15, -0.1) is 0 Å². The van der Waals surface area contributed by atoms with Gasteiger partial charge in [-0.3, -0.25) is 9.59 Å². The molecule has 0 atom stereocenters. The van der Waals surface area contributed by atoms with Crippen molar-refractivity contribution in [3.8, 4) is 0 Å². The van der Waals surface area contributed by atoms with E-state index in [2.05, 4.69) is 15.3 Å². The number of hydrogen-bond donors (Lipinski definition) is 2. The summed E-state index contributed by atoms with van der Waals surface area (Å²) in [5, 5.41) is 3.57. The Morgan fingerprint density at radius 2 is 1.87 bits per heavy atom. The largest absolute Gasteiger partial charge is 0.364 e. The maximum atomic E-state index is 12.2. The van der Waals surface area contributed by atoms with Crippen LogP contribution in [0, 0.1) is 0 Å². The second-order valence-corrected chi connectivity index (χ2v) is 5.95. The third-order valence-corrected chi connectivity index (χ3v) is 4.18. The monoisotopic (exact) mass is 330 g/mol. The summed E-state index contributed by atoms with van der Waals surface area (Å²) in [6.45, 7) is 0. The van der Waals surface area contributed by atoms with Crippen molar-refractivity contribution in [2.24, 2.45) is 5.73 Å². The summed E-state index contributed by atoms with van der Waals surface area (Å²) in [5.41, 5.74) is 6.22. The van der Waals surface area contributed by atoms with Gasteiger partial charge in [0.15, 0.2) is 11.4 Å². The number of amides is 2. The summed E-state index contributed by atoms with van der Waals surface area (Å²) in [6, 6.07) is 7.76. The number of halogens is 1. The standard InChI is InChI=1S/C16H15ClN4O2/c17-11-3-1-2-9(6-11)10-7-12(8-10)21-16(23)14-13(15(18)22)19-4-5-20-14/h1-6,10,12H,7-8H2,(H2,18,22)(H,21,23). The first-order valence-electron chi connectivity index (χ1n) is 7.21. The maximum Gasteiger partial charge on any atom is 0.272 e. The van der Waals surface area contributed by atoms with Gasteiger partial charge < -0.3 is 11.1 Å². The van der Waals surface area contributed by atoms with Gasteiger partial charge in [0.2, 0.25) is 0 Å². The van der Waals surface area contributed by atoms with E-state index in [4.69, 9.17) is 17.3 Å². The van der Waals surface area contributed by atoms with Crippen molar-refractivity contribution >= 4 is 23.4 Å². The van der Waals surface area contributed by atoms with Crippen LogP contribution >= 0.6 is 11.6 Å². The predicted octanol–water partition coefficient (Wildman–Crippen LogP) is 1.90. The highest BCUT2D eigenvalue weighted by Gasteiger charge is 2.32. The van der Waals surface area contributed by atoms with Gasteiger partial charge in [-0.05, 0) is 36.5 Å². The average Bonchev–Trinajstić information content (AvgIpc) is 2.50. The van der Waals surface area contributed by atoms with Gasteiger partial charge in [0.25, 0.3) is 11.8 Å². The van der Waals surface area contributed by atoms with Crippen molar-refractivity contribution in [1.82, 2.24) is 15.3 Å². The summed E-state index contributed by atoms with van der Waals surface area (Å²) < 4.78 is 0. The molecule has 2 amide bonds. The highest BCUT2D eigenvalue weighted by atomic mass is 35.5. The molecule has 7 heteroatoms. The number of nitrogens with two attached hydrogens (primary N) is 1. The van der Waals surface area contributed by atoms with Gasteiger partial charge in [-0.25, -0.2) is 9.97 Å². The van der Waals surface area contributed by atoms with Gasteiger partial charge in [0, 0.05) is 23.5 Å². The zero-order valence-electron chi connectivity index (χ0n) is 12.2. The van der Waals surface area contributed by atoms with Crippen LogP contribution in [0.3, 0.4) is 0 Å². The first-order chi connectivity index (χ1) is 11.0. The van der Waals surface area contributed by atoms with Crippen molar-refractivity contribution in [2.45, 2.75) is 24.8 Å². The maximum absolute atomic E-state index is 12.2. The van der Waals surface area contributed by atoms with Crippen molar-refractivity contribution < 1.29 is 9.59 Å². The minimum absolute atomic E-state index is 0.0359. The van der Waals surface area contributed by atoms with Crippen LogP contribution in [0.2, 0.25) is 5.02 Å². The Bertz CT molecular complexity index is 759. The number of aromatic nitrogens is 2. The molecule has 1 aliphatic rings. The molecule has 1 aliphatic carbocycles. The lowest BCUT2D eigenvalue weighted by molar-refractivity contribution is 0.0890. The first kappa shape index (κ1) is 15.4. The molecule has 3 rings (SSSR count). The fraction of sp³-hybridized carbons (Fsp3) is 0.250. The average molecular weight is 331 g/mol. The zero-order valence-corrected chi connectivity index (χ0v) is 13.0. The molecule has 23 heavy (non-hydrogen) atoms. The topological polar surface area (TPSA) is 98.0 Å². The highest BCUT2D eigenvalue weighted by Crippen LogP contribution is 2.37. The van der Waals surface area contributed by atoms with Crippen molar-refractivity contribution in [1.29, 1.82) is 0 Å². The lowest BCUT2D eigenvalue weighted by atomic mass is 9.76. The number of benzene rings is 1. The highest BCUT2D eigenvalue weighted by molar-refractivity contribution is 6.30. The number of primary amides is 1. The van der Waals surface area contributed by atoms with Gasteiger partial charge in [-0.2, -0.15) is 0 Å². The minimum atomic E-state index is -0.770. The number of nitrogens with one attached hydrogen (secondary N) is 1. The molecular weight excluding hydrogens is 316 g/mol. The predicted molar refractivity (Wildman–Crippen MR) is 85.2 cm³/mol. The Morgan fingerprint density at radius 1 is 1.17 bits per heavy atom. The lowest BCUT2D eigenvalue weighted by Crippen LogP contribution is -2.44. The molecule has 3 N–H and O–H groups in total. The Labute approximate surface area is 138 Å². The molecule has 0 unspecified atom stereocenters. The van der Waals surface area contributed by atoms with Gasteiger partial charge >= 0.3 is 0 Å². The normalized spacial score (nSPS) is 19.7. The van der Waals surface area contributed by atoms with E-state index in [9.17, 15) is 9.59 Å².